The van der Waals surface area contributed by atoms with Crippen LogP contribution in [0, 0.1) is 0 Å². The second-order valence-corrected chi connectivity index (χ2v) is 6.52. The molecule has 1 N–H and O–H groups in total. The molecule has 1 heterocycles. The number of ether oxygens (including phenoxy) is 3. The number of carbonyl (C=O) groups is 1. The number of rotatable bonds is 7. The van der Waals surface area contributed by atoms with Gasteiger partial charge in [-0.2, -0.15) is 0 Å². The second kappa shape index (κ2) is 9.39. The van der Waals surface area contributed by atoms with Gasteiger partial charge in [0, 0.05) is 37.8 Å². The largest absolute Gasteiger partial charge is 0.497 e. The van der Waals surface area contributed by atoms with E-state index >= 15 is 0 Å². The fraction of sp³-hybridized carbons (Fsp3) is 0.381. The molecule has 1 saturated heterocycles. The lowest BCUT2D eigenvalue weighted by Gasteiger charge is -2.33. The van der Waals surface area contributed by atoms with Crippen molar-refractivity contribution in [3.05, 3.63) is 59.7 Å². The van der Waals surface area contributed by atoms with Crippen molar-refractivity contribution in [1.82, 2.24) is 10.2 Å². The van der Waals surface area contributed by atoms with Gasteiger partial charge in [0.1, 0.15) is 11.5 Å². The van der Waals surface area contributed by atoms with E-state index in [0.717, 1.165) is 19.6 Å². The van der Waals surface area contributed by atoms with E-state index in [1.165, 1.54) is 5.56 Å². The lowest BCUT2D eigenvalue weighted by atomic mass is 10.1. The van der Waals surface area contributed by atoms with Crippen LogP contribution in [0.3, 0.4) is 0 Å². The van der Waals surface area contributed by atoms with Gasteiger partial charge in [-0.25, -0.2) is 0 Å². The number of methoxy groups -OCH3 is 2. The molecular weight excluding hydrogens is 344 g/mol. The van der Waals surface area contributed by atoms with E-state index in [1.807, 2.05) is 6.07 Å². The van der Waals surface area contributed by atoms with E-state index in [4.69, 9.17) is 14.2 Å². The zero-order chi connectivity index (χ0) is 19.1. The van der Waals surface area contributed by atoms with Gasteiger partial charge in [0.2, 0.25) is 0 Å². The van der Waals surface area contributed by atoms with Gasteiger partial charge in [0.25, 0.3) is 5.91 Å². The molecule has 1 atom stereocenters. The monoisotopic (exact) mass is 370 g/mol. The predicted molar refractivity (Wildman–Crippen MR) is 103 cm³/mol. The minimum Gasteiger partial charge on any atom is -0.497 e. The predicted octanol–water partition coefficient (Wildman–Crippen LogP) is 2.33. The normalized spacial score (nSPS) is 17.3. The molecule has 6 nitrogen and oxygen atoms in total. The fourth-order valence-electron chi connectivity index (χ4n) is 3.14. The third-order valence-electron chi connectivity index (χ3n) is 4.58. The Kier molecular flexibility index (Phi) is 6.68. The topological polar surface area (TPSA) is 60.0 Å². The molecule has 1 aliphatic rings. The number of hydrogen-bond donors (Lipinski definition) is 1. The van der Waals surface area contributed by atoms with Crippen molar-refractivity contribution in [2.24, 2.45) is 0 Å². The van der Waals surface area contributed by atoms with Gasteiger partial charge in [0.15, 0.2) is 0 Å². The fourth-order valence-corrected chi connectivity index (χ4v) is 3.14. The van der Waals surface area contributed by atoms with Crippen molar-refractivity contribution in [1.29, 1.82) is 0 Å². The van der Waals surface area contributed by atoms with Crippen LogP contribution >= 0.6 is 0 Å². The average Bonchev–Trinajstić information content (AvgIpc) is 2.72. The van der Waals surface area contributed by atoms with Gasteiger partial charge >= 0.3 is 0 Å². The van der Waals surface area contributed by atoms with Gasteiger partial charge in [-0.15, -0.1) is 0 Å². The van der Waals surface area contributed by atoms with Gasteiger partial charge < -0.3 is 19.5 Å². The van der Waals surface area contributed by atoms with Crippen LogP contribution in [0.4, 0.5) is 0 Å². The molecule has 27 heavy (non-hydrogen) atoms. The molecule has 2 aromatic carbocycles. The van der Waals surface area contributed by atoms with Crippen molar-refractivity contribution >= 4 is 5.91 Å². The maximum atomic E-state index is 12.5. The number of amides is 1. The summed E-state index contributed by atoms with van der Waals surface area (Å²) < 4.78 is 16.3. The molecule has 0 radical (unpaired) electrons. The summed E-state index contributed by atoms with van der Waals surface area (Å²) in [4.78, 5) is 14.9. The van der Waals surface area contributed by atoms with E-state index in [-0.39, 0.29) is 12.0 Å². The standard InChI is InChI=1S/C21H26N2O4/c1-25-18-10-17(11-19(12-18)26-2)21(24)22-13-20-15-23(8-9-27-20)14-16-6-4-3-5-7-16/h3-7,10-12,20H,8-9,13-15H2,1-2H3,(H,22,24)/t20-/m1/s1. The first-order valence-electron chi connectivity index (χ1n) is 9.07. The van der Waals surface area contributed by atoms with Crippen molar-refractivity contribution < 1.29 is 19.0 Å². The SMILES string of the molecule is COc1cc(OC)cc(C(=O)NC[C@@H]2CN(Cc3ccccc3)CCO2)c1. The minimum atomic E-state index is -0.170. The number of benzene rings is 2. The molecule has 6 heteroatoms. The molecule has 0 aliphatic carbocycles. The Hall–Kier alpha value is -2.57. The highest BCUT2D eigenvalue weighted by Crippen LogP contribution is 2.22. The third-order valence-corrected chi connectivity index (χ3v) is 4.58. The van der Waals surface area contributed by atoms with E-state index in [1.54, 1.807) is 32.4 Å². The molecule has 144 valence electrons. The number of hydrogen-bond acceptors (Lipinski definition) is 5. The minimum absolute atomic E-state index is 0.0288. The summed E-state index contributed by atoms with van der Waals surface area (Å²) in [7, 11) is 3.13. The molecule has 0 bridgehead atoms. The first kappa shape index (κ1) is 19.2. The summed E-state index contributed by atoms with van der Waals surface area (Å²) in [6, 6.07) is 15.5. The molecule has 1 fully saturated rings. The van der Waals surface area contributed by atoms with Crippen LogP contribution in [-0.4, -0.2) is 57.4 Å². The first-order chi connectivity index (χ1) is 13.2. The Morgan fingerprint density at radius 2 is 1.85 bits per heavy atom. The Morgan fingerprint density at radius 3 is 2.52 bits per heavy atom. The third kappa shape index (κ3) is 5.45. The molecule has 1 amide bonds. The van der Waals surface area contributed by atoms with Gasteiger partial charge in [-0.3, -0.25) is 9.69 Å². The highest BCUT2D eigenvalue weighted by atomic mass is 16.5. The highest BCUT2D eigenvalue weighted by molar-refractivity contribution is 5.95. The molecule has 0 unspecified atom stereocenters. The molecular formula is C21H26N2O4. The van der Waals surface area contributed by atoms with E-state index in [0.29, 0.717) is 30.2 Å². The molecule has 1 aliphatic heterocycles. The molecule has 0 spiro atoms. The maximum Gasteiger partial charge on any atom is 0.251 e. The summed E-state index contributed by atoms with van der Waals surface area (Å²) in [6.45, 7) is 3.70. The summed E-state index contributed by atoms with van der Waals surface area (Å²) >= 11 is 0. The number of nitrogens with zero attached hydrogens (tertiary/aromatic N) is 1. The van der Waals surface area contributed by atoms with Gasteiger partial charge in [-0.1, -0.05) is 30.3 Å². The van der Waals surface area contributed by atoms with Crippen molar-refractivity contribution in [2.75, 3.05) is 40.5 Å². The smallest absolute Gasteiger partial charge is 0.251 e. The Balaban J connectivity index is 1.54. The van der Waals surface area contributed by atoms with Crippen LogP contribution < -0.4 is 14.8 Å². The highest BCUT2D eigenvalue weighted by Gasteiger charge is 2.21. The second-order valence-electron chi connectivity index (χ2n) is 6.52. The Labute approximate surface area is 160 Å². The van der Waals surface area contributed by atoms with Crippen molar-refractivity contribution in [3.63, 3.8) is 0 Å². The van der Waals surface area contributed by atoms with Crippen LogP contribution in [0.1, 0.15) is 15.9 Å². The van der Waals surface area contributed by atoms with Crippen molar-refractivity contribution in [3.8, 4) is 11.5 Å². The van der Waals surface area contributed by atoms with E-state index in [9.17, 15) is 4.79 Å². The van der Waals surface area contributed by atoms with Crippen LogP contribution in [0.5, 0.6) is 11.5 Å². The van der Waals surface area contributed by atoms with Crippen LogP contribution in [0.15, 0.2) is 48.5 Å². The summed E-state index contributed by atoms with van der Waals surface area (Å²) in [6.07, 6.45) is -0.0288. The van der Waals surface area contributed by atoms with Crippen LogP contribution in [0.2, 0.25) is 0 Å². The van der Waals surface area contributed by atoms with Crippen molar-refractivity contribution in [2.45, 2.75) is 12.6 Å². The quantitative estimate of drug-likeness (QED) is 0.811. The molecule has 3 rings (SSSR count). The lowest BCUT2D eigenvalue weighted by molar-refractivity contribution is -0.0292. The first-order valence-corrected chi connectivity index (χ1v) is 9.07. The molecule has 0 aromatic heterocycles. The maximum absolute atomic E-state index is 12.5. The Bertz CT molecular complexity index is 729. The van der Waals surface area contributed by atoms with Gasteiger partial charge in [0.05, 0.1) is 26.9 Å². The molecule has 0 saturated carbocycles. The zero-order valence-corrected chi connectivity index (χ0v) is 15.8. The summed E-state index contributed by atoms with van der Waals surface area (Å²) in [5.41, 5.74) is 1.79. The lowest BCUT2D eigenvalue weighted by Crippen LogP contribution is -2.47. The number of carbonyl (C=O) groups excluding carboxylic acids is 1. The average molecular weight is 370 g/mol. The van der Waals surface area contributed by atoms with Gasteiger partial charge in [-0.05, 0) is 17.7 Å². The number of nitrogens with one attached hydrogen (secondary N) is 1. The van der Waals surface area contributed by atoms with E-state index in [2.05, 4.69) is 34.5 Å². The van der Waals surface area contributed by atoms with Crippen LogP contribution in [-0.2, 0) is 11.3 Å². The number of morpholine rings is 1. The summed E-state index contributed by atoms with van der Waals surface area (Å²) in [5.74, 6) is 1.00. The van der Waals surface area contributed by atoms with E-state index < -0.39 is 0 Å². The Morgan fingerprint density at radius 1 is 1.15 bits per heavy atom. The molecule has 2 aromatic rings. The summed E-state index contributed by atoms with van der Waals surface area (Å²) in [5, 5.41) is 2.95. The zero-order valence-electron chi connectivity index (χ0n) is 15.8. The van der Waals surface area contributed by atoms with Crippen LogP contribution in [0.25, 0.3) is 0 Å².